The van der Waals surface area contributed by atoms with Gasteiger partial charge in [-0.2, -0.15) is 0 Å². The summed E-state index contributed by atoms with van der Waals surface area (Å²) < 4.78 is 0. The first-order valence-corrected chi connectivity index (χ1v) is 5.21. The molecule has 0 saturated heterocycles. The molecule has 0 unspecified atom stereocenters. The molecule has 3 nitrogen and oxygen atoms in total. The van der Waals surface area contributed by atoms with E-state index in [-0.39, 0.29) is 4.99 Å². The maximum absolute atomic E-state index is 10.7. The molecular formula is C8H5Cl3N2OS. The molecule has 0 aliphatic rings. The first kappa shape index (κ1) is 12.5. The Bertz CT molecular complexity index is 436. The fraction of sp³-hybridized carbons (Fsp3) is 0. The van der Waals surface area contributed by atoms with Gasteiger partial charge in [-0.15, -0.1) is 0 Å². The molecule has 0 spiro atoms. The molecule has 15 heavy (non-hydrogen) atoms. The van der Waals surface area contributed by atoms with Gasteiger partial charge in [-0.05, 0) is 12.1 Å². The number of halogens is 3. The molecule has 1 aromatic carbocycles. The molecule has 1 aromatic rings. The lowest BCUT2D eigenvalue weighted by atomic mass is 10.3. The molecule has 1 amide bonds. The number of carbonyl (C=O) groups is 1. The van der Waals surface area contributed by atoms with Crippen molar-refractivity contribution in [2.45, 2.75) is 0 Å². The molecule has 0 saturated carbocycles. The minimum Gasteiger partial charge on any atom is -0.364 e. The number of amides is 1. The van der Waals surface area contributed by atoms with Crippen molar-refractivity contribution in [2.75, 3.05) is 5.32 Å². The predicted octanol–water partition coefficient (Wildman–Crippen LogP) is 2.87. The molecule has 0 aliphatic heterocycles. The Kier molecular flexibility index (Phi) is 4.16. The van der Waals surface area contributed by atoms with E-state index in [1.54, 1.807) is 0 Å². The van der Waals surface area contributed by atoms with Crippen molar-refractivity contribution in [2.24, 2.45) is 5.73 Å². The van der Waals surface area contributed by atoms with Crippen LogP contribution in [0.4, 0.5) is 5.69 Å². The first-order valence-electron chi connectivity index (χ1n) is 3.67. The zero-order valence-electron chi connectivity index (χ0n) is 7.18. The lowest BCUT2D eigenvalue weighted by Gasteiger charge is -2.08. The molecule has 0 radical (unpaired) electrons. The van der Waals surface area contributed by atoms with Crippen LogP contribution in [0.15, 0.2) is 12.1 Å². The van der Waals surface area contributed by atoms with Crippen molar-refractivity contribution in [1.29, 1.82) is 0 Å². The number of primary amides is 1. The van der Waals surface area contributed by atoms with E-state index in [2.05, 4.69) is 17.5 Å². The van der Waals surface area contributed by atoms with E-state index < -0.39 is 5.91 Å². The minimum atomic E-state index is -0.743. The quantitative estimate of drug-likeness (QED) is 0.615. The molecular weight excluding hydrogens is 279 g/mol. The summed E-state index contributed by atoms with van der Waals surface area (Å²) in [5, 5.41) is 3.48. The summed E-state index contributed by atoms with van der Waals surface area (Å²) in [6.07, 6.45) is 0. The fourth-order valence-electron chi connectivity index (χ4n) is 0.802. The summed E-state index contributed by atoms with van der Waals surface area (Å²) in [6.45, 7) is 0. The number of nitrogens with one attached hydrogen (secondary N) is 1. The number of thiocarbonyl (C=S) groups is 1. The van der Waals surface area contributed by atoms with Gasteiger partial charge in [0.15, 0.2) is 4.99 Å². The Balaban J connectivity index is 3.01. The summed E-state index contributed by atoms with van der Waals surface area (Å²) in [4.78, 5) is 10.5. The molecule has 0 atom stereocenters. The third kappa shape index (κ3) is 3.21. The van der Waals surface area contributed by atoms with Gasteiger partial charge in [-0.1, -0.05) is 47.0 Å². The lowest BCUT2D eigenvalue weighted by molar-refractivity contribution is -0.111. The van der Waals surface area contributed by atoms with Gasteiger partial charge < -0.3 is 11.1 Å². The number of hydrogen-bond acceptors (Lipinski definition) is 2. The van der Waals surface area contributed by atoms with E-state index in [1.807, 2.05) is 0 Å². The Morgan fingerprint density at radius 3 is 2.27 bits per heavy atom. The Labute approximate surface area is 106 Å². The number of anilines is 1. The van der Waals surface area contributed by atoms with Crippen LogP contribution in [0.25, 0.3) is 0 Å². The highest BCUT2D eigenvalue weighted by molar-refractivity contribution is 7.82. The van der Waals surface area contributed by atoms with E-state index >= 15 is 0 Å². The van der Waals surface area contributed by atoms with Gasteiger partial charge in [0.1, 0.15) is 0 Å². The van der Waals surface area contributed by atoms with Gasteiger partial charge in [0.2, 0.25) is 0 Å². The third-order valence-electron chi connectivity index (χ3n) is 1.48. The summed E-state index contributed by atoms with van der Waals surface area (Å²) in [5.74, 6) is -0.743. The van der Waals surface area contributed by atoms with Gasteiger partial charge in [0.25, 0.3) is 5.91 Å². The normalized spacial score (nSPS) is 9.80. The van der Waals surface area contributed by atoms with E-state index in [4.69, 9.17) is 40.5 Å². The highest BCUT2D eigenvalue weighted by atomic mass is 35.5. The molecule has 80 valence electrons. The third-order valence-corrected chi connectivity index (χ3v) is 2.82. The lowest BCUT2D eigenvalue weighted by Crippen LogP contribution is -2.27. The molecule has 0 bridgehead atoms. The van der Waals surface area contributed by atoms with Crippen LogP contribution in [-0.4, -0.2) is 10.9 Å². The van der Waals surface area contributed by atoms with Crippen molar-refractivity contribution < 1.29 is 4.79 Å². The summed E-state index contributed by atoms with van der Waals surface area (Å²) in [6, 6.07) is 2.90. The van der Waals surface area contributed by atoms with Gasteiger partial charge in [0, 0.05) is 0 Å². The second-order valence-electron chi connectivity index (χ2n) is 2.56. The van der Waals surface area contributed by atoms with Gasteiger partial charge >= 0.3 is 0 Å². The van der Waals surface area contributed by atoms with Crippen molar-refractivity contribution in [1.82, 2.24) is 0 Å². The summed E-state index contributed by atoms with van der Waals surface area (Å²) in [7, 11) is 0. The largest absolute Gasteiger partial charge is 0.364 e. The molecule has 1 rings (SSSR count). The van der Waals surface area contributed by atoms with Crippen LogP contribution >= 0.6 is 47.0 Å². The standard InChI is InChI=1S/C8H5Cl3N2OS/c9-3-1-5(11)6(2-4(3)10)13-8(15)7(12)14/h1-2H,(H2,12,14)(H,13,15). The van der Waals surface area contributed by atoms with Crippen LogP contribution in [0.1, 0.15) is 0 Å². The van der Waals surface area contributed by atoms with Crippen LogP contribution in [0, 0.1) is 0 Å². The van der Waals surface area contributed by atoms with Crippen molar-refractivity contribution in [3.05, 3.63) is 27.2 Å². The summed E-state index contributed by atoms with van der Waals surface area (Å²) >= 11 is 22.0. The molecule has 7 heteroatoms. The minimum absolute atomic E-state index is 0.143. The predicted molar refractivity (Wildman–Crippen MR) is 66.9 cm³/mol. The highest BCUT2D eigenvalue weighted by Gasteiger charge is 2.09. The number of carbonyl (C=O) groups excluding carboxylic acids is 1. The monoisotopic (exact) mass is 282 g/mol. The topological polar surface area (TPSA) is 55.1 Å². The Morgan fingerprint density at radius 2 is 1.73 bits per heavy atom. The molecule has 0 fully saturated rings. The highest BCUT2D eigenvalue weighted by Crippen LogP contribution is 2.32. The van der Waals surface area contributed by atoms with E-state index in [1.165, 1.54) is 12.1 Å². The fourth-order valence-corrected chi connectivity index (χ4v) is 1.51. The van der Waals surface area contributed by atoms with E-state index in [0.29, 0.717) is 20.8 Å². The SMILES string of the molecule is NC(=O)C(=S)Nc1cc(Cl)c(Cl)cc1Cl. The second-order valence-corrected chi connectivity index (χ2v) is 4.19. The van der Waals surface area contributed by atoms with E-state index in [9.17, 15) is 4.79 Å². The van der Waals surface area contributed by atoms with Crippen molar-refractivity contribution in [3.63, 3.8) is 0 Å². The van der Waals surface area contributed by atoms with Crippen LogP contribution in [0.3, 0.4) is 0 Å². The number of nitrogens with two attached hydrogens (primary N) is 1. The zero-order valence-corrected chi connectivity index (χ0v) is 10.3. The molecule has 0 aromatic heterocycles. The zero-order chi connectivity index (χ0) is 11.6. The van der Waals surface area contributed by atoms with E-state index in [0.717, 1.165) is 0 Å². The number of hydrogen-bond donors (Lipinski definition) is 2. The van der Waals surface area contributed by atoms with Crippen molar-refractivity contribution >= 4 is 63.6 Å². The molecule has 0 aliphatic carbocycles. The van der Waals surface area contributed by atoms with Crippen molar-refractivity contribution in [3.8, 4) is 0 Å². The smallest absolute Gasteiger partial charge is 0.276 e. The Hall–Kier alpha value is -0.550. The average Bonchev–Trinajstić information content (AvgIpc) is 2.13. The number of benzene rings is 1. The van der Waals surface area contributed by atoms with Gasteiger partial charge in [0.05, 0.1) is 20.8 Å². The molecule has 3 N–H and O–H groups in total. The van der Waals surface area contributed by atoms with Crippen LogP contribution in [0.5, 0.6) is 0 Å². The van der Waals surface area contributed by atoms with Crippen LogP contribution < -0.4 is 11.1 Å². The average molecular weight is 284 g/mol. The van der Waals surface area contributed by atoms with Crippen LogP contribution in [0.2, 0.25) is 15.1 Å². The Morgan fingerprint density at radius 1 is 1.20 bits per heavy atom. The van der Waals surface area contributed by atoms with Gasteiger partial charge in [-0.3, -0.25) is 4.79 Å². The first-order chi connectivity index (χ1) is 6.91. The maximum atomic E-state index is 10.7. The number of rotatable bonds is 1. The van der Waals surface area contributed by atoms with Gasteiger partial charge in [-0.25, -0.2) is 0 Å². The second kappa shape index (κ2) is 4.99. The maximum Gasteiger partial charge on any atom is 0.276 e. The summed E-state index contributed by atoms with van der Waals surface area (Å²) in [5.41, 5.74) is 5.34. The molecule has 0 heterocycles. The van der Waals surface area contributed by atoms with Crippen LogP contribution in [-0.2, 0) is 4.79 Å².